The van der Waals surface area contributed by atoms with Crippen LogP contribution < -0.4 is 10.9 Å². The van der Waals surface area contributed by atoms with E-state index in [1.807, 2.05) is 0 Å². The van der Waals surface area contributed by atoms with Crippen LogP contribution in [0.3, 0.4) is 0 Å². The topological polar surface area (TPSA) is 84.1 Å². The van der Waals surface area contributed by atoms with Gasteiger partial charge in [-0.25, -0.2) is 0 Å². The monoisotopic (exact) mass is 249 g/mol. The number of hydrogen-bond donors (Lipinski definition) is 1. The van der Waals surface area contributed by atoms with E-state index in [0.29, 0.717) is 13.2 Å². The van der Waals surface area contributed by atoms with Crippen molar-refractivity contribution in [2.45, 2.75) is 13.5 Å². The van der Waals surface area contributed by atoms with Crippen molar-refractivity contribution >= 4 is 5.91 Å². The number of pyridine rings is 1. The molecular weight excluding hydrogens is 234 g/mol. The van der Waals surface area contributed by atoms with E-state index >= 15 is 0 Å². The second kappa shape index (κ2) is 6.57. The highest BCUT2D eigenvalue weighted by Crippen LogP contribution is 1.99. The molecular formula is C12H15N3O3. The van der Waals surface area contributed by atoms with Crippen LogP contribution in [0.1, 0.15) is 15.9 Å². The third-order valence-electron chi connectivity index (χ3n) is 2.33. The number of aromatic nitrogens is 1. The van der Waals surface area contributed by atoms with Crippen LogP contribution in [0, 0.1) is 18.3 Å². The van der Waals surface area contributed by atoms with Gasteiger partial charge in [0, 0.05) is 19.9 Å². The van der Waals surface area contributed by atoms with Crippen LogP contribution in [-0.2, 0) is 11.3 Å². The molecule has 6 nitrogen and oxygen atoms in total. The van der Waals surface area contributed by atoms with Crippen molar-refractivity contribution < 1.29 is 9.53 Å². The molecule has 1 N–H and O–H groups in total. The molecule has 0 atom stereocenters. The van der Waals surface area contributed by atoms with Crippen molar-refractivity contribution in [3.05, 3.63) is 33.7 Å². The maximum absolute atomic E-state index is 12.0. The highest BCUT2D eigenvalue weighted by molar-refractivity contribution is 5.94. The second-order valence-electron chi connectivity index (χ2n) is 3.76. The molecule has 0 aliphatic rings. The standard InChI is InChI=1S/C12H15N3O3/c1-9-7-10(11(16)14-4-3-13)12(17)15(8-9)5-6-18-2/h7-8H,4-6H2,1-2H3,(H,14,16). The molecule has 0 saturated heterocycles. The van der Waals surface area contributed by atoms with E-state index in [9.17, 15) is 9.59 Å². The Labute approximate surface area is 105 Å². The molecule has 1 rings (SSSR count). The lowest BCUT2D eigenvalue weighted by molar-refractivity contribution is 0.0956. The molecule has 96 valence electrons. The zero-order valence-electron chi connectivity index (χ0n) is 10.4. The van der Waals surface area contributed by atoms with Gasteiger partial charge in [-0.15, -0.1) is 0 Å². The van der Waals surface area contributed by atoms with Gasteiger partial charge in [0.2, 0.25) is 0 Å². The third-order valence-corrected chi connectivity index (χ3v) is 2.33. The first-order chi connectivity index (χ1) is 8.60. The van der Waals surface area contributed by atoms with Crippen LogP contribution in [0.5, 0.6) is 0 Å². The number of carbonyl (C=O) groups is 1. The first-order valence-electron chi connectivity index (χ1n) is 5.45. The summed E-state index contributed by atoms with van der Waals surface area (Å²) in [4.78, 5) is 23.7. The minimum atomic E-state index is -0.531. The Morgan fingerprint density at radius 3 is 2.94 bits per heavy atom. The van der Waals surface area contributed by atoms with Crippen molar-refractivity contribution in [3.8, 4) is 6.07 Å². The van der Waals surface area contributed by atoms with E-state index in [0.717, 1.165) is 5.56 Å². The highest BCUT2D eigenvalue weighted by Gasteiger charge is 2.12. The summed E-state index contributed by atoms with van der Waals surface area (Å²) in [5.74, 6) is -0.531. The lowest BCUT2D eigenvalue weighted by Gasteiger charge is -2.09. The molecule has 0 saturated carbocycles. The molecule has 18 heavy (non-hydrogen) atoms. The van der Waals surface area contributed by atoms with Gasteiger partial charge in [0.05, 0.1) is 12.7 Å². The van der Waals surface area contributed by atoms with Gasteiger partial charge in [0.15, 0.2) is 0 Å². The average Bonchev–Trinajstić information content (AvgIpc) is 2.36. The summed E-state index contributed by atoms with van der Waals surface area (Å²) in [6, 6.07) is 3.30. The Bertz CT molecular complexity index is 528. The zero-order valence-corrected chi connectivity index (χ0v) is 10.4. The predicted molar refractivity (Wildman–Crippen MR) is 65.3 cm³/mol. The Balaban J connectivity index is 3.05. The van der Waals surface area contributed by atoms with E-state index in [2.05, 4.69) is 5.32 Å². The highest BCUT2D eigenvalue weighted by atomic mass is 16.5. The first kappa shape index (κ1) is 13.9. The molecule has 0 bridgehead atoms. The van der Waals surface area contributed by atoms with Gasteiger partial charge in [-0.05, 0) is 18.6 Å². The molecule has 6 heteroatoms. The number of amides is 1. The number of rotatable bonds is 5. The molecule has 0 aliphatic carbocycles. The SMILES string of the molecule is COCCn1cc(C)cc(C(=O)NCC#N)c1=O. The van der Waals surface area contributed by atoms with Gasteiger partial charge in [-0.2, -0.15) is 5.26 Å². The quantitative estimate of drug-likeness (QED) is 0.748. The number of methoxy groups -OCH3 is 1. The molecule has 0 unspecified atom stereocenters. The normalized spacial score (nSPS) is 9.83. The summed E-state index contributed by atoms with van der Waals surface area (Å²) >= 11 is 0. The first-order valence-corrected chi connectivity index (χ1v) is 5.45. The summed E-state index contributed by atoms with van der Waals surface area (Å²) in [7, 11) is 1.54. The summed E-state index contributed by atoms with van der Waals surface area (Å²) in [5, 5.41) is 10.7. The second-order valence-corrected chi connectivity index (χ2v) is 3.76. The number of aryl methyl sites for hydroxylation is 1. The predicted octanol–water partition coefficient (Wildman–Crippen LogP) is 0.0565. The fourth-order valence-electron chi connectivity index (χ4n) is 1.52. The van der Waals surface area contributed by atoms with Crippen molar-refractivity contribution in [2.24, 2.45) is 0 Å². The van der Waals surface area contributed by atoms with Gasteiger partial charge in [-0.1, -0.05) is 0 Å². The molecule has 0 radical (unpaired) electrons. The molecule has 0 fully saturated rings. The molecule has 1 aromatic rings. The molecule has 0 spiro atoms. The van der Waals surface area contributed by atoms with Crippen LogP contribution in [0.15, 0.2) is 17.1 Å². The fourth-order valence-corrected chi connectivity index (χ4v) is 1.52. The number of carbonyl (C=O) groups excluding carboxylic acids is 1. The van der Waals surface area contributed by atoms with E-state index in [1.54, 1.807) is 26.3 Å². The number of nitriles is 1. The Hall–Kier alpha value is -2.13. The molecule has 0 aromatic carbocycles. The van der Waals surface area contributed by atoms with Gasteiger partial charge < -0.3 is 14.6 Å². The molecule has 1 amide bonds. The Morgan fingerprint density at radius 1 is 1.61 bits per heavy atom. The minimum Gasteiger partial charge on any atom is -0.383 e. The number of nitrogens with one attached hydrogen (secondary N) is 1. The summed E-state index contributed by atoms with van der Waals surface area (Å²) in [6.07, 6.45) is 1.67. The lowest BCUT2D eigenvalue weighted by Crippen LogP contribution is -2.33. The van der Waals surface area contributed by atoms with Crippen molar-refractivity contribution in [3.63, 3.8) is 0 Å². The van der Waals surface area contributed by atoms with E-state index in [-0.39, 0.29) is 17.7 Å². The summed E-state index contributed by atoms with van der Waals surface area (Å²) in [6.45, 7) is 2.45. The Kier molecular flexibility index (Phi) is 5.08. The molecule has 0 aliphatic heterocycles. The van der Waals surface area contributed by atoms with Crippen LogP contribution in [0.4, 0.5) is 0 Å². The third kappa shape index (κ3) is 3.43. The smallest absolute Gasteiger partial charge is 0.263 e. The van der Waals surface area contributed by atoms with Crippen LogP contribution >= 0.6 is 0 Å². The molecule has 1 heterocycles. The van der Waals surface area contributed by atoms with E-state index < -0.39 is 5.91 Å². The van der Waals surface area contributed by atoms with Crippen molar-refractivity contribution in [2.75, 3.05) is 20.3 Å². The number of nitrogens with zero attached hydrogens (tertiary/aromatic N) is 2. The van der Waals surface area contributed by atoms with Crippen LogP contribution in [0.25, 0.3) is 0 Å². The van der Waals surface area contributed by atoms with Gasteiger partial charge in [0.1, 0.15) is 12.1 Å². The lowest BCUT2D eigenvalue weighted by atomic mass is 10.2. The largest absolute Gasteiger partial charge is 0.383 e. The zero-order chi connectivity index (χ0) is 13.5. The maximum Gasteiger partial charge on any atom is 0.263 e. The molecule has 1 aromatic heterocycles. The van der Waals surface area contributed by atoms with Crippen molar-refractivity contribution in [1.29, 1.82) is 5.26 Å². The Morgan fingerprint density at radius 2 is 2.33 bits per heavy atom. The average molecular weight is 249 g/mol. The fraction of sp³-hybridized carbons (Fsp3) is 0.417. The number of ether oxygens (including phenoxy) is 1. The van der Waals surface area contributed by atoms with Gasteiger partial charge in [-0.3, -0.25) is 9.59 Å². The van der Waals surface area contributed by atoms with Crippen molar-refractivity contribution in [1.82, 2.24) is 9.88 Å². The maximum atomic E-state index is 12.0. The summed E-state index contributed by atoms with van der Waals surface area (Å²) < 4.78 is 6.33. The van der Waals surface area contributed by atoms with Gasteiger partial charge in [0.25, 0.3) is 11.5 Å². The van der Waals surface area contributed by atoms with Crippen LogP contribution in [-0.4, -0.2) is 30.7 Å². The summed E-state index contributed by atoms with van der Waals surface area (Å²) in [5.41, 5.74) is 0.460. The van der Waals surface area contributed by atoms with E-state index in [1.165, 1.54) is 10.6 Å². The van der Waals surface area contributed by atoms with E-state index in [4.69, 9.17) is 10.00 Å². The minimum absolute atomic E-state index is 0.0429. The number of hydrogen-bond acceptors (Lipinski definition) is 4. The van der Waals surface area contributed by atoms with Gasteiger partial charge >= 0.3 is 0 Å². The van der Waals surface area contributed by atoms with Crippen LogP contribution in [0.2, 0.25) is 0 Å².